The van der Waals surface area contributed by atoms with Gasteiger partial charge in [0, 0.05) is 34.1 Å². The molecule has 0 spiro atoms. The van der Waals surface area contributed by atoms with Crippen LogP contribution in [-0.4, -0.2) is 11.6 Å². The van der Waals surface area contributed by atoms with Gasteiger partial charge in [0.1, 0.15) is 0 Å². The normalized spacial score (nSPS) is 23.1. The van der Waals surface area contributed by atoms with Crippen LogP contribution in [0.4, 0.5) is 0 Å². The highest BCUT2D eigenvalue weighted by Crippen LogP contribution is 2.54. The molecule has 0 aliphatic heterocycles. The van der Waals surface area contributed by atoms with Crippen molar-refractivity contribution >= 4 is 35.9 Å². The first kappa shape index (κ1) is 23.6. The molecule has 2 fully saturated rings. The molecule has 38 heavy (non-hydrogen) atoms. The highest BCUT2D eigenvalue weighted by atomic mass is 16.1. The highest BCUT2D eigenvalue weighted by molar-refractivity contribution is 6.27. The van der Waals surface area contributed by atoms with Crippen LogP contribution >= 0.6 is 0 Å². The van der Waals surface area contributed by atoms with E-state index in [0.717, 1.165) is 22.3 Å². The lowest BCUT2D eigenvalue weighted by Gasteiger charge is -2.12. The maximum absolute atomic E-state index is 14.1. The fourth-order valence-corrected chi connectivity index (χ4v) is 5.49. The molecule has 0 heterocycles. The fourth-order valence-electron chi connectivity index (χ4n) is 5.49. The average molecular weight is 491 g/mol. The van der Waals surface area contributed by atoms with E-state index in [1.807, 2.05) is 146 Å². The monoisotopic (exact) mass is 490 g/mol. The molecule has 4 aromatic rings. The zero-order chi connectivity index (χ0) is 25.9. The van der Waals surface area contributed by atoms with Crippen LogP contribution in [0.25, 0.3) is 24.3 Å². The van der Waals surface area contributed by atoms with Gasteiger partial charge in [-0.3, -0.25) is 9.59 Å². The molecule has 0 aromatic heterocycles. The molecular formula is C36H26O2. The summed E-state index contributed by atoms with van der Waals surface area (Å²) in [6, 6.07) is 39.5. The molecule has 6 rings (SSSR count). The van der Waals surface area contributed by atoms with Gasteiger partial charge in [-0.15, -0.1) is 0 Å². The topological polar surface area (TPSA) is 34.1 Å². The van der Waals surface area contributed by atoms with E-state index < -0.39 is 0 Å². The number of hydrogen-bond donors (Lipinski definition) is 0. The minimum atomic E-state index is -0.347. The number of carbonyl (C=O) groups excluding carboxylic acids is 2. The molecular weight excluding hydrogens is 464 g/mol. The average Bonchev–Trinajstić information content (AvgIpc) is 3.37. The van der Waals surface area contributed by atoms with E-state index in [9.17, 15) is 9.59 Å². The summed E-state index contributed by atoms with van der Waals surface area (Å²) in [4.78, 5) is 28.3. The second-order valence-corrected chi connectivity index (χ2v) is 9.66. The molecule has 2 aliphatic rings. The smallest absolute Gasteiger partial charge is 0.186 e. The Bertz CT molecular complexity index is 1360. The molecule has 2 nitrogen and oxygen atoms in total. The van der Waals surface area contributed by atoms with Gasteiger partial charge in [-0.1, -0.05) is 121 Å². The van der Waals surface area contributed by atoms with Gasteiger partial charge in [0.15, 0.2) is 11.6 Å². The predicted molar refractivity (Wildman–Crippen MR) is 155 cm³/mol. The molecule has 0 unspecified atom stereocenters. The summed E-state index contributed by atoms with van der Waals surface area (Å²) in [5.74, 6) is -0.697. The summed E-state index contributed by atoms with van der Waals surface area (Å²) >= 11 is 0. The zero-order valence-corrected chi connectivity index (χ0v) is 20.8. The number of ketones is 2. The minimum absolute atomic E-state index is 0.00173. The number of rotatable bonds is 4. The van der Waals surface area contributed by atoms with E-state index >= 15 is 0 Å². The van der Waals surface area contributed by atoms with E-state index in [-0.39, 0.29) is 23.4 Å². The summed E-state index contributed by atoms with van der Waals surface area (Å²) < 4.78 is 0. The number of Topliss-reactive ketones (excluding diaryl/α,β-unsaturated/α-hetero) is 2. The van der Waals surface area contributed by atoms with Crippen molar-refractivity contribution in [1.29, 1.82) is 0 Å². The Labute approximate surface area is 223 Å². The maximum Gasteiger partial charge on any atom is 0.186 e. The van der Waals surface area contributed by atoms with Crippen LogP contribution in [0.5, 0.6) is 0 Å². The first-order valence-electron chi connectivity index (χ1n) is 12.8. The third-order valence-corrected chi connectivity index (χ3v) is 7.21. The van der Waals surface area contributed by atoms with Crippen molar-refractivity contribution in [2.24, 2.45) is 11.8 Å². The van der Waals surface area contributed by atoms with Crippen molar-refractivity contribution in [3.05, 3.63) is 166 Å². The van der Waals surface area contributed by atoms with E-state index in [2.05, 4.69) is 0 Å². The Morgan fingerprint density at radius 1 is 0.342 bits per heavy atom. The largest absolute Gasteiger partial charge is 0.289 e. The molecule has 0 N–H and O–H groups in total. The van der Waals surface area contributed by atoms with Crippen LogP contribution in [0.1, 0.15) is 22.3 Å². The number of carbonyl (C=O) groups is 2. The number of hydrogen-bond acceptors (Lipinski definition) is 2. The Hall–Kier alpha value is -4.82. The van der Waals surface area contributed by atoms with Crippen LogP contribution in [0, 0.1) is 11.8 Å². The first-order chi connectivity index (χ1) is 18.7. The van der Waals surface area contributed by atoms with Crippen LogP contribution in [-0.2, 0) is 9.59 Å². The molecule has 182 valence electrons. The third kappa shape index (κ3) is 4.53. The van der Waals surface area contributed by atoms with E-state index in [1.54, 1.807) is 0 Å². The number of fused-ring (bicyclic) bond motifs is 1. The molecule has 0 saturated heterocycles. The first-order valence-corrected chi connectivity index (χ1v) is 12.8. The summed E-state index contributed by atoms with van der Waals surface area (Å²) in [6.07, 6.45) is 7.85. The van der Waals surface area contributed by atoms with Crippen molar-refractivity contribution < 1.29 is 9.59 Å². The van der Waals surface area contributed by atoms with Crippen LogP contribution in [0.3, 0.4) is 0 Å². The summed E-state index contributed by atoms with van der Waals surface area (Å²) in [6.45, 7) is 0. The van der Waals surface area contributed by atoms with Gasteiger partial charge in [-0.05, 0) is 46.6 Å². The molecule has 0 atom stereocenters. The van der Waals surface area contributed by atoms with E-state index in [4.69, 9.17) is 0 Å². The fraction of sp³-hybridized carbons (Fsp3) is 0.0556. The lowest BCUT2D eigenvalue weighted by Crippen LogP contribution is -2.08. The molecule has 2 heteroatoms. The lowest BCUT2D eigenvalue weighted by atomic mass is 9.88. The van der Waals surface area contributed by atoms with Crippen LogP contribution in [0.2, 0.25) is 0 Å². The Balaban J connectivity index is 1.60. The maximum atomic E-state index is 14.1. The van der Waals surface area contributed by atoms with E-state index in [0.29, 0.717) is 22.3 Å². The van der Waals surface area contributed by atoms with Crippen LogP contribution < -0.4 is 0 Å². The quantitative estimate of drug-likeness (QED) is 0.275. The Kier molecular flexibility index (Phi) is 6.37. The van der Waals surface area contributed by atoms with Crippen molar-refractivity contribution in [1.82, 2.24) is 0 Å². The number of allylic oxidation sites excluding steroid dienone is 4. The molecule has 0 bridgehead atoms. The van der Waals surface area contributed by atoms with Gasteiger partial charge in [0.25, 0.3) is 0 Å². The predicted octanol–water partition coefficient (Wildman–Crippen LogP) is 7.72. The van der Waals surface area contributed by atoms with Gasteiger partial charge in [-0.2, -0.15) is 0 Å². The Morgan fingerprint density at radius 2 is 0.553 bits per heavy atom. The Morgan fingerprint density at radius 3 is 0.763 bits per heavy atom. The lowest BCUT2D eigenvalue weighted by molar-refractivity contribution is -0.112. The van der Waals surface area contributed by atoms with Gasteiger partial charge >= 0.3 is 0 Å². The summed E-state index contributed by atoms with van der Waals surface area (Å²) in [5.41, 5.74) is 6.44. The standard InChI is InChI=1S/C36H26O2/c37-35-29(21-25-13-5-1-6-14-25)33-30(22-26-15-7-2-8-16-26)36(38)32(24-28-19-11-4-12-20-28)34(33)31(35)23-27-17-9-3-10-18-27/h1-24,33-34H/b29-21-,30-22-,31-23+,32-24+. The van der Waals surface area contributed by atoms with Gasteiger partial charge in [0.2, 0.25) is 0 Å². The molecule has 2 aliphatic carbocycles. The van der Waals surface area contributed by atoms with Crippen molar-refractivity contribution in [3.8, 4) is 0 Å². The summed E-state index contributed by atoms with van der Waals surface area (Å²) in [7, 11) is 0. The van der Waals surface area contributed by atoms with Crippen LogP contribution in [0.15, 0.2) is 144 Å². The van der Waals surface area contributed by atoms with Crippen molar-refractivity contribution in [3.63, 3.8) is 0 Å². The van der Waals surface area contributed by atoms with Gasteiger partial charge in [0.05, 0.1) is 0 Å². The van der Waals surface area contributed by atoms with Gasteiger partial charge < -0.3 is 0 Å². The second-order valence-electron chi connectivity index (χ2n) is 9.66. The summed E-state index contributed by atoms with van der Waals surface area (Å²) in [5, 5.41) is 0. The number of benzene rings is 4. The second kappa shape index (κ2) is 10.3. The van der Waals surface area contributed by atoms with Crippen molar-refractivity contribution in [2.45, 2.75) is 0 Å². The molecule has 2 saturated carbocycles. The van der Waals surface area contributed by atoms with Gasteiger partial charge in [-0.25, -0.2) is 0 Å². The highest BCUT2D eigenvalue weighted by Gasteiger charge is 2.53. The SMILES string of the molecule is O=C1/C(=C\c2ccccc2)C2/C(=C/c3ccccc3)C(=O)/C(=C/c3ccccc3)C2/C1=C\c1ccccc1. The molecule has 0 radical (unpaired) electrons. The minimum Gasteiger partial charge on any atom is -0.289 e. The van der Waals surface area contributed by atoms with E-state index in [1.165, 1.54) is 0 Å². The molecule has 4 aromatic carbocycles. The molecule has 0 amide bonds. The third-order valence-electron chi connectivity index (χ3n) is 7.21. The van der Waals surface area contributed by atoms with Crippen molar-refractivity contribution in [2.75, 3.05) is 0 Å². The zero-order valence-electron chi connectivity index (χ0n) is 20.8.